The van der Waals surface area contributed by atoms with E-state index in [1.54, 1.807) is 37.5 Å². The van der Waals surface area contributed by atoms with Crippen LogP contribution in [0.15, 0.2) is 58.4 Å². The Hall–Kier alpha value is -2.71. The van der Waals surface area contributed by atoms with Gasteiger partial charge in [0, 0.05) is 36.9 Å². The minimum absolute atomic E-state index is 0.153. The zero-order valence-electron chi connectivity index (χ0n) is 15.7. The fourth-order valence-electron chi connectivity index (χ4n) is 3.43. The van der Waals surface area contributed by atoms with Crippen LogP contribution in [0, 0.1) is 6.92 Å². The van der Waals surface area contributed by atoms with E-state index in [1.165, 1.54) is 14.9 Å². The Bertz CT molecular complexity index is 1200. The van der Waals surface area contributed by atoms with E-state index < -0.39 is 10.0 Å². The summed E-state index contributed by atoms with van der Waals surface area (Å²) in [4.78, 5) is 16.4. The lowest BCUT2D eigenvalue weighted by atomic mass is 10.2. The van der Waals surface area contributed by atoms with Gasteiger partial charge in [0.2, 0.25) is 10.0 Å². The fourth-order valence-corrected chi connectivity index (χ4v) is 5.08. The number of fused-ring (bicyclic) bond motifs is 1. The van der Waals surface area contributed by atoms with Gasteiger partial charge in [-0.25, -0.2) is 8.42 Å². The predicted octanol–water partition coefficient (Wildman–Crippen LogP) is 2.08. The smallest absolute Gasteiger partial charge is 0.254 e. The van der Waals surface area contributed by atoms with E-state index in [2.05, 4.69) is 4.98 Å². The molecular formula is C20H21N3O4S. The van der Waals surface area contributed by atoms with Crippen LogP contribution in [0.4, 0.5) is 0 Å². The first-order chi connectivity index (χ1) is 13.4. The second-order valence-corrected chi connectivity index (χ2v) is 8.86. The molecule has 1 aliphatic heterocycles. The van der Waals surface area contributed by atoms with E-state index in [9.17, 15) is 13.2 Å². The van der Waals surface area contributed by atoms with Crippen LogP contribution < -0.4 is 10.3 Å². The topological polar surface area (TPSA) is 81.5 Å². The average molecular weight is 399 g/mol. The predicted molar refractivity (Wildman–Crippen MR) is 106 cm³/mol. The molecule has 0 aliphatic carbocycles. The molecule has 1 aliphatic rings. The molecule has 2 aromatic heterocycles. The van der Waals surface area contributed by atoms with Crippen molar-refractivity contribution in [3.63, 3.8) is 0 Å². The average Bonchev–Trinajstić information content (AvgIpc) is 3.15. The van der Waals surface area contributed by atoms with E-state index in [0.717, 1.165) is 11.1 Å². The standard InChI is InChI=1S/C20H21N3O4S/c1-14-11-17(12-19(24)22(14)2)27-16-8-10-23(13-16)28(25,26)18-7-3-5-15-6-4-9-21-20(15)18/h3-7,9,11-12,16H,8,10,13H2,1-2H3. The van der Waals surface area contributed by atoms with Crippen molar-refractivity contribution in [1.82, 2.24) is 13.9 Å². The number of hydrogen-bond acceptors (Lipinski definition) is 5. The van der Waals surface area contributed by atoms with Crippen LogP contribution >= 0.6 is 0 Å². The first-order valence-electron chi connectivity index (χ1n) is 9.04. The van der Waals surface area contributed by atoms with Crippen molar-refractivity contribution in [2.24, 2.45) is 7.05 Å². The van der Waals surface area contributed by atoms with E-state index in [-0.39, 0.29) is 23.1 Å². The number of para-hydroxylation sites is 1. The SMILES string of the molecule is Cc1cc(OC2CCN(S(=O)(=O)c3cccc4cccnc34)C2)cc(=O)n1C. The number of aryl methyl sites for hydroxylation is 1. The molecule has 0 radical (unpaired) electrons. The van der Waals surface area contributed by atoms with Gasteiger partial charge in [0.15, 0.2) is 0 Å². The molecule has 28 heavy (non-hydrogen) atoms. The number of ether oxygens (including phenoxy) is 1. The lowest BCUT2D eigenvalue weighted by Crippen LogP contribution is -2.31. The maximum atomic E-state index is 13.2. The maximum Gasteiger partial charge on any atom is 0.254 e. The van der Waals surface area contributed by atoms with Gasteiger partial charge in [-0.05, 0) is 31.5 Å². The summed E-state index contributed by atoms with van der Waals surface area (Å²) in [6.45, 7) is 2.42. The van der Waals surface area contributed by atoms with Gasteiger partial charge < -0.3 is 9.30 Å². The summed E-state index contributed by atoms with van der Waals surface area (Å²) in [6.07, 6.45) is 1.85. The third-order valence-electron chi connectivity index (χ3n) is 5.10. The number of hydrogen-bond donors (Lipinski definition) is 0. The zero-order valence-corrected chi connectivity index (χ0v) is 16.5. The number of sulfonamides is 1. The molecule has 1 atom stereocenters. The summed E-state index contributed by atoms with van der Waals surface area (Å²) in [5, 5.41) is 0.783. The molecule has 8 heteroatoms. The van der Waals surface area contributed by atoms with Crippen LogP contribution in [0.1, 0.15) is 12.1 Å². The van der Waals surface area contributed by atoms with Gasteiger partial charge in [0.25, 0.3) is 5.56 Å². The third-order valence-corrected chi connectivity index (χ3v) is 7.00. The summed E-state index contributed by atoms with van der Waals surface area (Å²) < 4.78 is 35.2. The van der Waals surface area contributed by atoms with Crippen LogP contribution in [0.25, 0.3) is 10.9 Å². The van der Waals surface area contributed by atoms with Gasteiger partial charge in [-0.2, -0.15) is 4.31 Å². The molecule has 3 heterocycles. The Balaban J connectivity index is 1.57. The molecule has 0 amide bonds. The van der Waals surface area contributed by atoms with Crippen molar-refractivity contribution in [1.29, 1.82) is 0 Å². The summed E-state index contributed by atoms with van der Waals surface area (Å²) in [7, 11) is -1.99. The van der Waals surface area contributed by atoms with Crippen LogP contribution in [0.5, 0.6) is 5.75 Å². The number of nitrogens with zero attached hydrogens (tertiary/aromatic N) is 3. The molecule has 0 bridgehead atoms. The minimum Gasteiger partial charge on any atom is -0.489 e. The van der Waals surface area contributed by atoms with Gasteiger partial charge in [-0.15, -0.1) is 0 Å². The molecule has 0 saturated carbocycles. The Labute approximate surface area is 163 Å². The maximum absolute atomic E-state index is 13.2. The molecule has 1 aromatic carbocycles. The third kappa shape index (κ3) is 3.29. The van der Waals surface area contributed by atoms with Crippen molar-refractivity contribution >= 4 is 20.9 Å². The van der Waals surface area contributed by atoms with Gasteiger partial charge in [0.1, 0.15) is 16.7 Å². The molecule has 146 valence electrons. The van der Waals surface area contributed by atoms with E-state index in [4.69, 9.17) is 4.74 Å². The van der Waals surface area contributed by atoms with Crippen LogP contribution in [0.2, 0.25) is 0 Å². The molecule has 0 spiro atoms. The summed E-state index contributed by atoms with van der Waals surface area (Å²) >= 11 is 0. The quantitative estimate of drug-likeness (QED) is 0.671. The monoisotopic (exact) mass is 399 g/mol. The van der Waals surface area contributed by atoms with E-state index >= 15 is 0 Å². The lowest BCUT2D eigenvalue weighted by Gasteiger charge is -2.18. The highest BCUT2D eigenvalue weighted by Gasteiger charge is 2.34. The minimum atomic E-state index is -3.69. The summed E-state index contributed by atoms with van der Waals surface area (Å²) in [5.74, 6) is 0.469. The Morgan fingerprint density at radius 1 is 1.18 bits per heavy atom. The van der Waals surface area contributed by atoms with Crippen molar-refractivity contribution in [3.05, 3.63) is 64.7 Å². The molecular weight excluding hydrogens is 378 g/mol. The van der Waals surface area contributed by atoms with Crippen molar-refractivity contribution in [3.8, 4) is 5.75 Å². The largest absolute Gasteiger partial charge is 0.489 e. The number of rotatable bonds is 4. The second-order valence-electron chi connectivity index (χ2n) is 6.95. The first-order valence-corrected chi connectivity index (χ1v) is 10.5. The molecule has 0 N–H and O–H groups in total. The fraction of sp³-hybridized carbons (Fsp3) is 0.300. The van der Waals surface area contributed by atoms with Gasteiger partial charge in [-0.3, -0.25) is 9.78 Å². The number of aromatic nitrogens is 2. The van der Waals surface area contributed by atoms with Crippen LogP contribution in [0.3, 0.4) is 0 Å². The van der Waals surface area contributed by atoms with Gasteiger partial charge in [-0.1, -0.05) is 18.2 Å². The molecule has 4 rings (SSSR count). The Morgan fingerprint density at radius 3 is 2.75 bits per heavy atom. The highest BCUT2D eigenvalue weighted by molar-refractivity contribution is 7.89. The summed E-state index contributed by atoms with van der Waals surface area (Å²) in [6, 6.07) is 12.0. The van der Waals surface area contributed by atoms with Crippen LogP contribution in [-0.4, -0.2) is 41.5 Å². The highest BCUT2D eigenvalue weighted by Crippen LogP contribution is 2.28. The molecule has 3 aromatic rings. The molecule has 1 fully saturated rings. The van der Waals surface area contributed by atoms with Crippen molar-refractivity contribution in [2.45, 2.75) is 24.3 Å². The summed E-state index contributed by atoms with van der Waals surface area (Å²) in [5.41, 5.74) is 1.10. The highest BCUT2D eigenvalue weighted by atomic mass is 32.2. The zero-order chi connectivity index (χ0) is 19.9. The Morgan fingerprint density at radius 2 is 1.96 bits per heavy atom. The van der Waals surface area contributed by atoms with Gasteiger partial charge in [0.05, 0.1) is 12.1 Å². The van der Waals surface area contributed by atoms with E-state index in [0.29, 0.717) is 24.2 Å². The number of pyridine rings is 2. The first kappa shape index (κ1) is 18.6. The lowest BCUT2D eigenvalue weighted by molar-refractivity contribution is 0.214. The van der Waals surface area contributed by atoms with Crippen molar-refractivity contribution < 1.29 is 13.2 Å². The normalized spacial score (nSPS) is 17.9. The van der Waals surface area contributed by atoms with E-state index in [1.807, 2.05) is 19.1 Å². The Kier molecular flexibility index (Phi) is 4.68. The number of benzene rings is 1. The van der Waals surface area contributed by atoms with Crippen LogP contribution in [-0.2, 0) is 17.1 Å². The van der Waals surface area contributed by atoms with Gasteiger partial charge >= 0.3 is 0 Å². The van der Waals surface area contributed by atoms with Crippen molar-refractivity contribution in [2.75, 3.05) is 13.1 Å². The molecule has 1 saturated heterocycles. The molecule has 1 unspecified atom stereocenters. The second kappa shape index (κ2) is 7.03. The molecule has 7 nitrogen and oxygen atoms in total.